The van der Waals surface area contributed by atoms with Gasteiger partial charge in [0.25, 0.3) is 5.69 Å². The molecule has 0 saturated heterocycles. The molecule has 0 aliphatic rings. The highest BCUT2D eigenvalue weighted by Gasteiger charge is 2.08. The van der Waals surface area contributed by atoms with Crippen LogP contribution in [0.5, 0.6) is 0 Å². The van der Waals surface area contributed by atoms with Crippen LogP contribution < -0.4 is 5.84 Å². The number of hydrogen-bond donors (Lipinski definition) is 1. The molecule has 2 N–H and O–H groups in total. The Balaban J connectivity index is 2.04. The Morgan fingerprint density at radius 1 is 1.24 bits per heavy atom. The molecular formula is C13H12N2OS+. The van der Waals surface area contributed by atoms with Crippen LogP contribution in [0.3, 0.4) is 0 Å². The first-order valence-corrected chi connectivity index (χ1v) is 6.15. The summed E-state index contributed by atoms with van der Waals surface area (Å²) in [6, 6.07) is 18.3. The van der Waals surface area contributed by atoms with Gasteiger partial charge in [-0.2, -0.15) is 5.84 Å². The smallest absolute Gasteiger partial charge is 0.159 e. The molecule has 0 spiro atoms. The second-order valence-electron chi connectivity index (χ2n) is 3.51. The van der Waals surface area contributed by atoms with Crippen molar-refractivity contribution in [3.63, 3.8) is 0 Å². The third kappa shape index (κ3) is 3.32. The highest BCUT2D eigenvalue weighted by molar-refractivity contribution is 7.98. The van der Waals surface area contributed by atoms with Crippen molar-refractivity contribution in [2.24, 2.45) is 5.84 Å². The first-order valence-electron chi connectivity index (χ1n) is 5.16. The van der Waals surface area contributed by atoms with Gasteiger partial charge in [-0.1, -0.05) is 30.3 Å². The van der Waals surface area contributed by atoms with E-state index in [1.165, 1.54) is 0 Å². The predicted molar refractivity (Wildman–Crippen MR) is 68.8 cm³/mol. The van der Waals surface area contributed by atoms with Crippen molar-refractivity contribution >= 4 is 17.4 Å². The fourth-order valence-corrected chi connectivity index (χ4v) is 2.24. The molecule has 0 bridgehead atoms. The third-order valence-electron chi connectivity index (χ3n) is 2.24. The number of nitrogens with two attached hydrogens (primary N) is 1. The maximum absolute atomic E-state index is 11.0. The van der Waals surface area contributed by atoms with Crippen LogP contribution in [0.1, 0.15) is 5.56 Å². The van der Waals surface area contributed by atoms with Gasteiger partial charge in [-0.05, 0) is 17.7 Å². The van der Waals surface area contributed by atoms with Gasteiger partial charge in [0.2, 0.25) is 0 Å². The summed E-state index contributed by atoms with van der Waals surface area (Å²) in [5, 5.41) is 0. The van der Waals surface area contributed by atoms with Gasteiger partial charge < -0.3 is 0 Å². The van der Waals surface area contributed by atoms with Gasteiger partial charge in [0.05, 0.1) is 4.91 Å². The summed E-state index contributed by atoms with van der Waals surface area (Å²) in [6.45, 7) is 0. The monoisotopic (exact) mass is 244 g/mol. The van der Waals surface area contributed by atoms with E-state index < -0.39 is 0 Å². The molecule has 2 aromatic carbocycles. The van der Waals surface area contributed by atoms with Crippen LogP contribution >= 0.6 is 11.8 Å². The van der Waals surface area contributed by atoms with Gasteiger partial charge in [-0.15, -0.1) is 11.8 Å². The summed E-state index contributed by atoms with van der Waals surface area (Å²) in [5.74, 6) is 5.95. The molecule has 0 aliphatic heterocycles. The number of thioether (sulfide) groups is 1. The molecule has 0 heterocycles. The average molecular weight is 244 g/mol. The lowest BCUT2D eigenvalue weighted by Crippen LogP contribution is -2.08. The number of rotatable bonds is 4. The Morgan fingerprint density at radius 3 is 2.82 bits per heavy atom. The van der Waals surface area contributed by atoms with Crippen LogP contribution in [0.2, 0.25) is 0 Å². The molecular weight excluding hydrogens is 232 g/mol. The lowest BCUT2D eigenvalue weighted by Gasteiger charge is -2.00. The fourth-order valence-electron chi connectivity index (χ4n) is 1.41. The average Bonchev–Trinajstić information content (AvgIpc) is 2.38. The molecule has 0 aromatic heterocycles. The molecule has 0 aliphatic carbocycles. The second-order valence-corrected chi connectivity index (χ2v) is 4.53. The van der Waals surface area contributed by atoms with Gasteiger partial charge in [0.1, 0.15) is 0 Å². The fraction of sp³-hybridized carbons (Fsp3) is 0.0769. The molecule has 0 atom stereocenters. The highest BCUT2D eigenvalue weighted by Crippen LogP contribution is 2.23. The van der Waals surface area contributed by atoms with Gasteiger partial charge >= 0.3 is 0 Å². The Labute approximate surface area is 104 Å². The van der Waals surface area contributed by atoms with E-state index in [0.29, 0.717) is 10.6 Å². The number of hydrazine groups is 1. The maximum atomic E-state index is 11.0. The van der Waals surface area contributed by atoms with Crippen LogP contribution in [0.25, 0.3) is 0 Å². The van der Waals surface area contributed by atoms with Crippen molar-refractivity contribution < 1.29 is 4.87 Å². The Bertz CT molecular complexity index is 514. The number of nitrogens with zero attached hydrogens (tertiary/aromatic N) is 1. The van der Waals surface area contributed by atoms with Crippen LogP contribution in [-0.2, 0) is 5.75 Å². The van der Waals surface area contributed by atoms with E-state index in [1.807, 2.05) is 36.4 Å². The summed E-state index contributed by atoms with van der Waals surface area (Å²) in [6.07, 6.45) is 0. The van der Waals surface area contributed by atoms with E-state index in [9.17, 15) is 4.91 Å². The van der Waals surface area contributed by atoms with Crippen molar-refractivity contribution in [2.75, 3.05) is 0 Å². The molecule has 2 rings (SSSR count). The topological polar surface area (TPSA) is 46.1 Å². The molecule has 0 amide bonds. The second kappa shape index (κ2) is 5.50. The van der Waals surface area contributed by atoms with Crippen molar-refractivity contribution in [3.8, 4) is 0 Å². The number of nitroso groups, excluding NO2 is 1. The zero-order valence-electron chi connectivity index (χ0n) is 9.17. The van der Waals surface area contributed by atoms with Crippen molar-refractivity contribution in [2.45, 2.75) is 10.6 Å². The van der Waals surface area contributed by atoms with E-state index in [2.05, 4.69) is 6.07 Å². The molecule has 3 nitrogen and oxygen atoms in total. The van der Waals surface area contributed by atoms with Crippen LogP contribution in [0.4, 0.5) is 5.69 Å². The lowest BCUT2D eigenvalue weighted by molar-refractivity contribution is -0.474. The molecule has 85 valence electrons. The summed E-state index contributed by atoms with van der Waals surface area (Å²) < 4.78 is 0. The first-order chi connectivity index (χ1) is 8.25. The van der Waals surface area contributed by atoms with Crippen molar-refractivity contribution in [3.05, 3.63) is 65.1 Å². The SMILES string of the molecule is N[N+](=O)c1cccc(CSc2[c]cccc2)c1. The summed E-state index contributed by atoms with van der Waals surface area (Å²) >= 11 is 1.68. The minimum atomic E-state index is 0.378. The molecule has 0 saturated carbocycles. The van der Waals surface area contributed by atoms with Gasteiger partial charge in [0, 0.05) is 22.8 Å². The molecule has 0 unspecified atom stereocenters. The number of hydrogen-bond acceptors (Lipinski definition) is 2. The third-order valence-corrected chi connectivity index (χ3v) is 3.28. The summed E-state index contributed by atoms with van der Waals surface area (Å²) in [4.78, 5) is 12.4. The van der Waals surface area contributed by atoms with Gasteiger partial charge in [-0.25, -0.2) is 0 Å². The number of benzene rings is 2. The zero-order chi connectivity index (χ0) is 12.1. The molecule has 2 aromatic rings. The first kappa shape index (κ1) is 11.7. The van der Waals surface area contributed by atoms with Gasteiger partial charge in [-0.3, -0.25) is 0 Å². The summed E-state index contributed by atoms with van der Waals surface area (Å²) in [5.41, 5.74) is 1.54. The molecule has 4 heteroatoms. The predicted octanol–water partition coefficient (Wildman–Crippen LogP) is 3.06. The zero-order valence-corrected chi connectivity index (χ0v) is 9.98. The largest absolute Gasteiger partial charge is 0.291 e. The van der Waals surface area contributed by atoms with Gasteiger partial charge in [0.15, 0.2) is 4.87 Å². The summed E-state index contributed by atoms with van der Waals surface area (Å²) in [7, 11) is 0. The quantitative estimate of drug-likeness (QED) is 0.389. The van der Waals surface area contributed by atoms with E-state index in [1.54, 1.807) is 23.9 Å². The van der Waals surface area contributed by atoms with Crippen LogP contribution in [0.15, 0.2) is 53.4 Å². The minimum absolute atomic E-state index is 0.378. The molecule has 0 fully saturated rings. The Kier molecular flexibility index (Phi) is 3.77. The van der Waals surface area contributed by atoms with Crippen LogP contribution in [-0.4, -0.2) is 4.87 Å². The highest BCUT2D eigenvalue weighted by atomic mass is 32.2. The maximum Gasteiger partial charge on any atom is 0.291 e. The lowest BCUT2D eigenvalue weighted by atomic mass is 10.2. The van der Waals surface area contributed by atoms with Crippen molar-refractivity contribution in [1.29, 1.82) is 0 Å². The van der Waals surface area contributed by atoms with Crippen LogP contribution in [0, 0.1) is 11.0 Å². The standard InChI is InChI=1S/C13H12N2OS/c14-15(16)12-6-4-5-11(9-12)10-17-13-7-2-1-3-8-13/h1-7,9H,10H2,(H2,14,16)/q+1. The molecule has 1 radical (unpaired) electrons. The van der Waals surface area contributed by atoms with E-state index in [0.717, 1.165) is 16.2 Å². The molecule has 17 heavy (non-hydrogen) atoms. The Morgan fingerprint density at radius 2 is 2.12 bits per heavy atom. The van der Waals surface area contributed by atoms with E-state index in [-0.39, 0.29) is 0 Å². The minimum Gasteiger partial charge on any atom is -0.159 e. The normalized spacial score (nSPS) is 10.1. The van der Waals surface area contributed by atoms with Crippen molar-refractivity contribution in [1.82, 2.24) is 0 Å². The Hall–Kier alpha value is -1.81. The van der Waals surface area contributed by atoms with E-state index in [4.69, 9.17) is 5.84 Å². The van der Waals surface area contributed by atoms with E-state index >= 15 is 0 Å².